The van der Waals surface area contributed by atoms with Crippen LogP contribution in [0, 0.1) is 0 Å². The monoisotopic (exact) mass is 336 g/mol. The Balaban J connectivity index is 1.82. The highest BCUT2D eigenvalue weighted by Crippen LogP contribution is 2.32. The van der Waals surface area contributed by atoms with E-state index >= 15 is 0 Å². The molecule has 3 nitrogen and oxygen atoms in total. The van der Waals surface area contributed by atoms with Crippen molar-refractivity contribution in [3.63, 3.8) is 0 Å². The summed E-state index contributed by atoms with van der Waals surface area (Å²) in [7, 11) is 0. The molecule has 1 amide bonds. The lowest BCUT2D eigenvalue weighted by Crippen LogP contribution is -2.32. The lowest BCUT2D eigenvalue weighted by atomic mass is 10.2. The van der Waals surface area contributed by atoms with Crippen LogP contribution >= 0.6 is 27.3 Å². The molecule has 1 aliphatic carbocycles. The van der Waals surface area contributed by atoms with E-state index in [1.165, 1.54) is 11.3 Å². The number of carbonyl (C=O) groups excluding carboxylic acids is 1. The summed E-state index contributed by atoms with van der Waals surface area (Å²) in [6, 6.07) is 6.25. The van der Waals surface area contributed by atoms with Crippen LogP contribution in [-0.4, -0.2) is 21.8 Å². The lowest BCUT2D eigenvalue weighted by Gasteiger charge is -2.22. The zero-order valence-corrected chi connectivity index (χ0v) is 12.7. The second kappa shape index (κ2) is 5.43. The largest absolute Gasteiger partial charge is 0.331 e. The third kappa shape index (κ3) is 2.87. The zero-order valence-electron chi connectivity index (χ0n) is 10.3. The van der Waals surface area contributed by atoms with Crippen molar-refractivity contribution >= 4 is 33.2 Å². The summed E-state index contributed by atoms with van der Waals surface area (Å²) in [6.07, 6.45) is 5.76. The number of halogens is 1. The van der Waals surface area contributed by atoms with Gasteiger partial charge < -0.3 is 4.90 Å². The maximum atomic E-state index is 12.6. The van der Waals surface area contributed by atoms with Crippen molar-refractivity contribution in [2.45, 2.75) is 25.4 Å². The van der Waals surface area contributed by atoms with Crippen molar-refractivity contribution in [1.82, 2.24) is 9.88 Å². The van der Waals surface area contributed by atoms with E-state index in [0.717, 1.165) is 27.8 Å². The molecule has 1 saturated carbocycles. The number of rotatable bonds is 4. The highest BCUT2D eigenvalue weighted by molar-refractivity contribution is 9.10. The first-order chi connectivity index (χ1) is 9.25. The van der Waals surface area contributed by atoms with Gasteiger partial charge in [0.2, 0.25) is 0 Å². The molecule has 0 aromatic carbocycles. The fourth-order valence-electron chi connectivity index (χ4n) is 2.01. The van der Waals surface area contributed by atoms with E-state index in [2.05, 4.69) is 20.9 Å². The average Bonchev–Trinajstić information content (AvgIpc) is 3.18. The van der Waals surface area contributed by atoms with Crippen LogP contribution in [-0.2, 0) is 6.54 Å². The van der Waals surface area contributed by atoms with Crippen molar-refractivity contribution in [1.29, 1.82) is 0 Å². The molecule has 0 bridgehead atoms. The van der Waals surface area contributed by atoms with Crippen LogP contribution in [0.25, 0.3) is 0 Å². The molecule has 0 unspecified atom stereocenters. The lowest BCUT2D eigenvalue weighted by molar-refractivity contribution is 0.0734. The van der Waals surface area contributed by atoms with E-state index in [9.17, 15) is 4.79 Å². The molecule has 0 N–H and O–H groups in total. The highest BCUT2D eigenvalue weighted by atomic mass is 79.9. The minimum Gasteiger partial charge on any atom is -0.331 e. The van der Waals surface area contributed by atoms with Crippen LogP contribution < -0.4 is 0 Å². The summed E-state index contributed by atoms with van der Waals surface area (Å²) in [4.78, 5) is 19.4. The maximum absolute atomic E-state index is 12.6. The smallest absolute Gasteiger partial charge is 0.265 e. The molecule has 1 fully saturated rings. The van der Waals surface area contributed by atoms with Gasteiger partial charge in [-0.05, 0) is 57.9 Å². The number of nitrogens with zero attached hydrogens (tertiary/aromatic N) is 2. The molecule has 2 heterocycles. The average molecular weight is 337 g/mol. The summed E-state index contributed by atoms with van der Waals surface area (Å²) in [5, 5.41) is 1.94. The Morgan fingerprint density at radius 2 is 2.11 bits per heavy atom. The summed E-state index contributed by atoms with van der Waals surface area (Å²) in [5.41, 5.74) is 1.13. The van der Waals surface area contributed by atoms with Gasteiger partial charge in [0.05, 0.1) is 0 Å². The third-order valence-corrected chi connectivity index (χ3v) is 4.99. The zero-order chi connectivity index (χ0) is 13.2. The van der Waals surface area contributed by atoms with Crippen molar-refractivity contribution < 1.29 is 4.79 Å². The molecular weight excluding hydrogens is 324 g/mol. The van der Waals surface area contributed by atoms with E-state index in [0.29, 0.717) is 12.6 Å². The van der Waals surface area contributed by atoms with Gasteiger partial charge in [-0.15, -0.1) is 11.3 Å². The Morgan fingerprint density at radius 3 is 2.68 bits per heavy atom. The molecule has 0 spiro atoms. The quantitative estimate of drug-likeness (QED) is 0.852. The van der Waals surface area contributed by atoms with Gasteiger partial charge in [-0.25, -0.2) is 0 Å². The summed E-state index contributed by atoms with van der Waals surface area (Å²) in [6.45, 7) is 0.663. The fourth-order valence-corrected chi connectivity index (χ4v) is 3.51. The number of aromatic nitrogens is 1. The number of carbonyl (C=O) groups is 1. The molecule has 19 heavy (non-hydrogen) atoms. The summed E-state index contributed by atoms with van der Waals surface area (Å²) < 4.78 is 0.892. The van der Waals surface area contributed by atoms with Crippen molar-refractivity contribution in [2.24, 2.45) is 0 Å². The van der Waals surface area contributed by atoms with E-state index in [1.54, 1.807) is 12.4 Å². The van der Waals surface area contributed by atoms with Crippen molar-refractivity contribution in [3.05, 3.63) is 50.9 Å². The fraction of sp³-hybridized carbons (Fsp3) is 0.286. The van der Waals surface area contributed by atoms with Gasteiger partial charge in [-0.2, -0.15) is 0 Å². The van der Waals surface area contributed by atoms with Gasteiger partial charge in [-0.3, -0.25) is 9.78 Å². The van der Waals surface area contributed by atoms with Gasteiger partial charge in [0.1, 0.15) is 4.88 Å². The van der Waals surface area contributed by atoms with Gasteiger partial charge in [0.15, 0.2) is 0 Å². The Kier molecular flexibility index (Phi) is 3.66. The van der Waals surface area contributed by atoms with Gasteiger partial charge in [0.25, 0.3) is 5.91 Å². The Bertz CT molecular complexity index is 580. The maximum Gasteiger partial charge on any atom is 0.265 e. The molecule has 98 valence electrons. The Morgan fingerprint density at radius 1 is 1.37 bits per heavy atom. The molecule has 2 aromatic rings. The minimum absolute atomic E-state index is 0.126. The van der Waals surface area contributed by atoms with E-state index < -0.39 is 0 Å². The van der Waals surface area contributed by atoms with E-state index in [4.69, 9.17) is 0 Å². The van der Waals surface area contributed by atoms with Gasteiger partial charge in [0, 0.05) is 29.5 Å². The summed E-state index contributed by atoms with van der Waals surface area (Å²) >= 11 is 4.93. The molecule has 1 aliphatic rings. The van der Waals surface area contributed by atoms with Gasteiger partial charge in [-0.1, -0.05) is 0 Å². The van der Waals surface area contributed by atoms with Crippen LogP contribution in [0.3, 0.4) is 0 Å². The topological polar surface area (TPSA) is 33.2 Å². The number of hydrogen-bond acceptors (Lipinski definition) is 3. The first-order valence-electron chi connectivity index (χ1n) is 6.18. The predicted molar refractivity (Wildman–Crippen MR) is 79.2 cm³/mol. The molecule has 2 aromatic heterocycles. The molecule has 0 radical (unpaired) electrons. The van der Waals surface area contributed by atoms with Crippen molar-refractivity contribution in [3.8, 4) is 0 Å². The first kappa shape index (κ1) is 12.8. The molecular formula is C14H13BrN2OS. The second-order valence-corrected chi connectivity index (χ2v) is 6.39. The minimum atomic E-state index is 0.126. The SMILES string of the molecule is O=C(c1sccc1Br)N(Cc1ccncc1)C1CC1. The van der Waals surface area contributed by atoms with Crippen LogP contribution in [0.15, 0.2) is 40.4 Å². The highest BCUT2D eigenvalue weighted by Gasteiger charge is 2.34. The molecule has 0 atom stereocenters. The number of thiophene rings is 1. The molecule has 3 rings (SSSR count). The Labute approximate surface area is 124 Å². The molecule has 0 aliphatic heterocycles. The predicted octanol–water partition coefficient (Wildman–Crippen LogP) is 3.71. The standard InChI is InChI=1S/C14H13BrN2OS/c15-12-5-8-19-13(12)14(18)17(11-1-2-11)9-10-3-6-16-7-4-10/h3-8,11H,1-2,9H2. The van der Waals surface area contributed by atoms with Crippen LogP contribution in [0.2, 0.25) is 0 Å². The van der Waals surface area contributed by atoms with Crippen LogP contribution in [0.5, 0.6) is 0 Å². The number of amides is 1. The van der Waals surface area contributed by atoms with Crippen molar-refractivity contribution in [2.75, 3.05) is 0 Å². The van der Waals surface area contributed by atoms with Gasteiger partial charge >= 0.3 is 0 Å². The first-order valence-corrected chi connectivity index (χ1v) is 7.86. The third-order valence-electron chi connectivity index (χ3n) is 3.16. The number of hydrogen-bond donors (Lipinski definition) is 0. The van der Waals surface area contributed by atoms with Crippen LogP contribution in [0.1, 0.15) is 28.1 Å². The normalized spacial score (nSPS) is 14.4. The molecule has 5 heteroatoms. The van der Waals surface area contributed by atoms with E-state index in [-0.39, 0.29) is 5.91 Å². The molecule has 0 saturated heterocycles. The number of pyridine rings is 1. The van der Waals surface area contributed by atoms with Crippen LogP contribution in [0.4, 0.5) is 0 Å². The second-order valence-electron chi connectivity index (χ2n) is 4.62. The summed E-state index contributed by atoms with van der Waals surface area (Å²) in [5.74, 6) is 0.126. The van der Waals surface area contributed by atoms with E-state index in [1.807, 2.05) is 28.5 Å². The Hall–Kier alpha value is -1.20.